The molecule has 0 aromatic heterocycles. The molecular formula is C33H46F2O. The maximum Gasteiger partial charge on any atom is 0.131 e. The summed E-state index contributed by atoms with van der Waals surface area (Å²) in [6, 6.07) is 10.9. The first-order chi connectivity index (χ1) is 17.5. The molecule has 3 heteroatoms. The Hall–Kier alpha value is -1.74. The summed E-state index contributed by atoms with van der Waals surface area (Å²) in [5.41, 5.74) is 3.00. The molecule has 0 spiro atoms. The molecule has 2 aliphatic carbocycles. The second-order valence-corrected chi connectivity index (χ2v) is 11.6. The van der Waals surface area contributed by atoms with E-state index in [4.69, 9.17) is 4.74 Å². The zero-order valence-electron chi connectivity index (χ0n) is 22.7. The van der Waals surface area contributed by atoms with Crippen molar-refractivity contribution in [2.75, 3.05) is 7.11 Å². The van der Waals surface area contributed by atoms with E-state index in [2.05, 4.69) is 19.9 Å². The van der Waals surface area contributed by atoms with Crippen molar-refractivity contribution in [1.29, 1.82) is 0 Å². The molecule has 0 aliphatic heterocycles. The summed E-state index contributed by atoms with van der Waals surface area (Å²) in [5.74, 6) is 2.20. The molecule has 0 bridgehead atoms. The molecule has 2 aromatic rings. The molecule has 2 fully saturated rings. The van der Waals surface area contributed by atoms with Gasteiger partial charge in [-0.3, -0.25) is 0 Å². The SMILES string of the molecule is CCCC1CCC(c2ccc(-c3ccc(CCC4CCC(C(CC)OC)CC4)c(F)c3)c(F)c2)CC1. The summed E-state index contributed by atoms with van der Waals surface area (Å²) in [5, 5.41) is 0. The molecule has 2 aromatic carbocycles. The summed E-state index contributed by atoms with van der Waals surface area (Å²) in [6.07, 6.45) is 15.5. The Morgan fingerprint density at radius 2 is 1.50 bits per heavy atom. The van der Waals surface area contributed by atoms with Gasteiger partial charge in [-0.25, -0.2) is 8.78 Å². The average molecular weight is 497 g/mol. The molecule has 36 heavy (non-hydrogen) atoms. The highest BCUT2D eigenvalue weighted by atomic mass is 19.1. The van der Waals surface area contributed by atoms with Crippen LogP contribution >= 0.6 is 0 Å². The molecular weight excluding hydrogens is 450 g/mol. The molecule has 0 heterocycles. The summed E-state index contributed by atoms with van der Waals surface area (Å²) in [4.78, 5) is 0. The quantitative estimate of drug-likeness (QED) is 0.318. The summed E-state index contributed by atoms with van der Waals surface area (Å²) >= 11 is 0. The van der Waals surface area contributed by atoms with Crippen LogP contribution in [0.1, 0.15) is 108 Å². The van der Waals surface area contributed by atoms with Gasteiger partial charge in [-0.1, -0.05) is 63.8 Å². The van der Waals surface area contributed by atoms with Crippen LogP contribution in [0.4, 0.5) is 8.78 Å². The predicted octanol–water partition coefficient (Wildman–Crippen LogP) is 9.87. The van der Waals surface area contributed by atoms with Crippen molar-refractivity contribution < 1.29 is 13.5 Å². The topological polar surface area (TPSA) is 9.23 Å². The number of benzene rings is 2. The molecule has 0 N–H and O–H groups in total. The molecule has 1 nitrogen and oxygen atoms in total. The van der Waals surface area contributed by atoms with Gasteiger partial charge >= 0.3 is 0 Å². The van der Waals surface area contributed by atoms with E-state index in [-0.39, 0.29) is 11.6 Å². The van der Waals surface area contributed by atoms with Gasteiger partial charge in [0.2, 0.25) is 0 Å². The van der Waals surface area contributed by atoms with Crippen molar-refractivity contribution in [3.8, 4) is 11.1 Å². The lowest BCUT2D eigenvalue weighted by molar-refractivity contribution is 0.0266. The molecule has 4 rings (SSSR count). The van der Waals surface area contributed by atoms with E-state index >= 15 is 8.78 Å². The Labute approximate surface area is 218 Å². The number of halogens is 2. The van der Waals surface area contributed by atoms with Gasteiger partial charge in [-0.15, -0.1) is 0 Å². The van der Waals surface area contributed by atoms with Crippen molar-refractivity contribution in [3.63, 3.8) is 0 Å². The molecule has 1 atom stereocenters. The largest absolute Gasteiger partial charge is 0.381 e. The van der Waals surface area contributed by atoms with Gasteiger partial charge in [0, 0.05) is 12.7 Å². The van der Waals surface area contributed by atoms with Crippen molar-refractivity contribution in [1.82, 2.24) is 0 Å². The van der Waals surface area contributed by atoms with Gasteiger partial charge in [-0.2, -0.15) is 0 Å². The second kappa shape index (κ2) is 13.2. The lowest BCUT2D eigenvalue weighted by Crippen LogP contribution is -2.27. The van der Waals surface area contributed by atoms with E-state index in [1.54, 1.807) is 6.07 Å². The first kappa shape index (κ1) is 27.3. The zero-order valence-corrected chi connectivity index (χ0v) is 22.7. The third-order valence-corrected chi connectivity index (χ3v) is 9.32. The molecule has 0 amide bonds. The highest BCUT2D eigenvalue weighted by Crippen LogP contribution is 2.39. The van der Waals surface area contributed by atoms with E-state index < -0.39 is 0 Å². The minimum Gasteiger partial charge on any atom is -0.381 e. The molecule has 1 unspecified atom stereocenters. The normalized spacial score (nSPS) is 25.6. The number of methoxy groups -OCH3 is 1. The Morgan fingerprint density at radius 3 is 2.11 bits per heavy atom. The standard InChI is InChI=1S/C33H46F2O/c1-4-6-23-7-12-25(13-8-23)28-19-20-30(32(35)21-28)29-18-17-26(31(34)22-29)14-9-24-10-15-27(16-11-24)33(5-2)36-3/h17-25,27,33H,4-16H2,1-3H3. The lowest BCUT2D eigenvalue weighted by atomic mass is 9.77. The van der Waals surface area contributed by atoms with Crippen LogP contribution in [0.3, 0.4) is 0 Å². The predicted molar refractivity (Wildman–Crippen MR) is 146 cm³/mol. The van der Waals surface area contributed by atoms with Crippen molar-refractivity contribution in [2.24, 2.45) is 17.8 Å². The number of aryl methyl sites for hydroxylation is 1. The minimum atomic E-state index is -0.228. The minimum absolute atomic E-state index is 0.204. The van der Waals surface area contributed by atoms with Crippen molar-refractivity contribution >= 4 is 0 Å². The Kier molecular flexibility index (Phi) is 9.99. The first-order valence-corrected chi connectivity index (χ1v) is 14.6. The summed E-state index contributed by atoms with van der Waals surface area (Å²) in [7, 11) is 1.83. The molecule has 0 radical (unpaired) electrons. The van der Waals surface area contributed by atoms with Gasteiger partial charge in [-0.05, 0) is 110 Å². The van der Waals surface area contributed by atoms with Crippen LogP contribution in [0, 0.1) is 29.4 Å². The zero-order chi connectivity index (χ0) is 25.5. The van der Waals surface area contributed by atoms with E-state index in [1.807, 2.05) is 25.3 Å². The maximum absolute atomic E-state index is 15.1. The Bertz CT molecular complexity index is 950. The number of hydrogen-bond acceptors (Lipinski definition) is 1. The Morgan fingerprint density at radius 1 is 0.806 bits per heavy atom. The fourth-order valence-electron chi connectivity index (χ4n) is 7.03. The van der Waals surface area contributed by atoms with Gasteiger partial charge in [0.1, 0.15) is 11.6 Å². The van der Waals surface area contributed by atoms with Crippen molar-refractivity contribution in [3.05, 3.63) is 59.2 Å². The second-order valence-electron chi connectivity index (χ2n) is 11.6. The third-order valence-electron chi connectivity index (χ3n) is 9.32. The van der Waals surface area contributed by atoms with Gasteiger partial charge in [0.05, 0.1) is 6.10 Å². The maximum atomic E-state index is 15.1. The van der Waals surface area contributed by atoms with E-state index in [1.165, 1.54) is 57.4 Å². The smallest absolute Gasteiger partial charge is 0.131 e. The average Bonchev–Trinajstić information content (AvgIpc) is 2.90. The van der Waals surface area contributed by atoms with Crippen LogP contribution in [0.5, 0.6) is 0 Å². The van der Waals surface area contributed by atoms with Gasteiger partial charge in [0.15, 0.2) is 0 Å². The van der Waals surface area contributed by atoms with Crippen LogP contribution in [-0.2, 0) is 11.2 Å². The van der Waals surface area contributed by atoms with Crippen LogP contribution < -0.4 is 0 Å². The molecule has 2 aliphatic rings. The molecule has 2 saturated carbocycles. The summed E-state index contributed by atoms with van der Waals surface area (Å²) in [6.45, 7) is 4.46. The number of rotatable bonds is 10. The summed E-state index contributed by atoms with van der Waals surface area (Å²) < 4.78 is 35.8. The highest BCUT2D eigenvalue weighted by Gasteiger charge is 2.27. The first-order valence-electron chi connectivity index (χ1n) is 14.6. The van der Waals surface area contributed by atoms with Crippen molar-refractivity contribution in [2.45, 2.75) is 109 Å². The Balaban J connectivity index is 1.32. The fourth-order valence-corrected chi connectivity index (χ4v) is 7.03. The van der Waals surface area contributed by atoms with Crippen LogP contribution in [-0.4, -0.2) is 13.2 Å². The third kappa shape index (κ3) is 6.77. The molecule has 198 valence electrons. The number of ether oxygens (including phenoxy) is 1. The van der Waals surface area contributed by atoms with Gasteiger partial charge in [0.25, 0.3) is 0 Å². The van der Waals surface area contributed by atoms with Crippen LogP contribution in [0.15, 0.2) is 36.4 Å². The molecule has 0 saturated heterocycles. The van der Waals surface area contributed by atoms with E-state index in [0.717, 1.165) is 49.1 Å². The van der Waals surface area contributed by atoms with Crippen LogP contribution in [0.25, 0.3) is 11.1 Å². The lowest BCUT2D eigenvalue weighted by Gasteiger charge is -2.32. The monoisotopic (exact) mass is 496 g/mol. The van der Waals surface area contributed by atoms with Gasteiger partial charge < -0.3 is 4.74 Å². The fraction of sp³-hybridized carbons (Fsp3) is 0.636. The number of hydrogen-bond donors (Lipinski definition) is 0. The van der Waals surface area contributed by atoms with E-state index in [0.29, 0.717) is 35.0 Å². The van der Waals surface area contributed by atoms with Crippen LogP contribution in [0.2, 0.25) is 0 Å². The van der Waals surface area contributed by atoms with E-state index in [9.17, 15) is 0 Å². The highest BCUT2D eigenvalue weighted by molar-refractivity contribution is 5.65.